The maximum absolute atomic E-state index is 11.4. The number of nitrogens with one attached hydrogen (secondary N) is 1. The number of imidazole rings is 1. The molecule has 1 aliphatic rings. The van der Waals surface area contributed by atoms with Crippen LogP contribution in [0, 0.1) is 0 Å². The van der Waals surface area contributed by atoms with E-state index in [0.29, 0.717) is 24.0 Å². The first-order valence-corrected chi connectivity index (χ1v) is 7.10. The molecule has 1 atom stereocenters. The minimum absolute atomic E-state index is 0.227. The van der Waals surface area contributed by atoms with Gasteiger partial charge in [-0.3, -0.25) is 4.79 Å². The maximum atomic E-state index is 11.4. The van der Waals surface area contributed by atoms with Crippen LogP contribution in [0.15, 0.2) is 24.5 Å². The first-order chi connectivity index (χ1) is 9.61. The molecule has 1 saturated heterocycles. The zero-order valence-corrected chi connectivity index (χ0v) is 12.1. The number of carbonyl (C=O) groups excluding carboxylic acids is 1. The van der Waals surface area contributed by atoms with Crippen LogP contribution in [0.2, 0.25) is 5.02 Å². The molecule has 6 heteroatoms. The van der Waals surface area contributed by atoms with Crippen molar-refractivity contribution in [1.29, 1.82) is 0 Å². The Hall–Kier alpha value is -1.59. The molecule has 1 N–H and O–H groups in total. The average Bonchev–Trinajstić information content (AvgIpc) is 2.82. The smallest absolute Gasteiger partial charge is 0.222 e. The molecule has 1 aliphatic heterocycles. The van der Waals surface area contributed by atoms with Gasteiger partial charge in [0.15, 0.2) is 0 Å². The highest BCUT2D eigenvalue weighted by Crippen LogP contribution is 2.13. The van der Waals surface area contributed by atoms with Crippen molar-refractivity contribution >= 4 is 23.2 Å². The number of amides is 1. The van der Waals surface area contributed by atoms with Gasteiger partial charge in [-0.2, -0.15) is 0 Å². The molecular formula is C14H17ClN4O. The van der Waals surface area contributed by atoms with Gasteiger partial charge in [-0.15, -0.1) is 0 Å². The van der Waals surface area contributed by atoms with Gasteiger partial charge in [0.1, 0.15) is 5.65 Å². The fraction of sp³-hybridized carbons (Fsp3) is 0.429. The molecule has 2 aromatic heterocycles. The number of nitrogens with zero attached hydrogens (tertiary/aromatic N) is 3. The van der Waals surface area contributed by atoms with Crippen LogP contribution in [0.5, 0.6) is 0 Å². The zero-order chi connectivity index (χ0) is 14.1. The van der Waals surface area contributed by atoms with Crippen molar-refractivity contribution in [2.45, 2.75) is 25.4 Å². The van der Waals surface area contributed by atoms with E-state index in [9.17, 15) is 4.79 Å². The number of likely N-dealkylation sites (N-methyl/N-ethyl adjacent to an activating group) is 1. The molecule has 0 spiro atoms. The summed E-state index contributed by atoms with van der Waals surface area (Å²) in [6, 6.07) is 4.08. The normalized spacial score (nSPS) is 19.8. The second kappa shape index (κ2) is 5.42. The lowest BCUT2D eigenvalue weighted by Crippen LogP contribution is -2.46. The van der Waals surface area contributed by atoms with Crippen molar-refractivity contribution in [2.24, 2.45) is 0 Å². The van der Waals surface area contributed by atoms with E-state index < -0.39 is 0 Å². The average molecular weight is 293 g/mol. The zero-order valence-electron chi connectivity index (χ0n) is 11.3. The fourth-order valence-electron chi connectivity index (χ4n) is 2.53. The summed E-state index contributed by atoms with van der Waals surface area (Å²) >= 11 is 5.95. The number of piperidine rings is 1. The van der Waals surface area contributed by atoms with Crippen molar-refractivity contribution in [2.75, 3.05) is 13.6 Å². The lowest BCUT2D eigenvalue weighted by molar-refractivity contribution is -0.132. The Morgan fingerprint density at radius 1 is 1.45 bits per heavy atom. The van der Waals surface area contributed by atoms with Crippen molar-refractivity contribution in [1.82, 2.24) is 19.6 Å². The number of pyridine rings is 1. The van der Waals surface area contributed by atoms with Gasteiger partial charge in [0.05, 0.1) is 10.7 Å². The van der Waals surface area contributed by atoms with Crippen LogP contribution in [-0.2, 0) is 11.3 Å². The summed E-state index contributed by atoms with van der Waals surface area (Å²) < 4.78 is 1.93. The van der Waals surface area contributed by atoms with E-state index in [1.807, 2.05) is 36.0 Å². The summed E-state index contributed by atoms with van der Waals surface area (Å²) in [5.41, 5.74) is 1.87. The van der Waals surface area contributed by atoms with Gasteiger partial charge in [0.25, 0.3) is 0 Å². The van der Waals surface area contributed by atoms with E-state index in [2.05, 4.69) is 10.3 Å². The molecule has 0 aliphatic carbocycles. The van der Waals surface area contributed by atoms with Gasteiger partial charge in [-0.1, -0.05) is 11.6 Å². The molecule has 2 aromatic rings. The Bertz CT molecular complexity index is 639. The maximum Gasteiger partial charge on any atom is 0.222 e. The Morgan fingerprint density at radius 2 is 2.30 bits per heavy atom. The van der Waals surface area contributed by atoms with E-state index in [1.54, 1.807) is 4.90 Å². The van der Waals surface area contributed by atoms with Gasteiger partial charge in [-0.05, 0) is 18.6 Å². The largest absolute Gasteiger partial charge is 0.344 e. The molecule has 0 aromatic carbocycles. The minimum Gasteiger partial charge on any atom is -0.344 e. The van der Waals surface area contributed by atoms with Crippen molar-refractivity contribution in [3.8, 4) is 0 Å². The van der Waals surface area contributed by atoms with Crippen LogP contribution < -0.4 is 5.32 Å². The number of halogens is 1. The number of hydrogen-bond donors (Lipinski definition) is 1. The quantitative estimate of drug-likeness (QED) is 0.937. The van der Waals surface area contributed by atoms with Crippen molar-refractivity contribution in [3.05, 3.63) is 35.2 Å². The minimum atomic E-state index is 0.227. The lowest BCUT2D eigenvalue weighted by Gasteiger charge is -2.30. The molecule has 1 unspecified atom stereocenters. The SMILES string of the molecule is CN1CC(NCc2cn3cc(Cl)ccc3n2)CCC1=O. The van der Waals surface area contributed by atoms with Gasteiger partial charge in [-0.25, -0.2) is 4.98 Å². The summed E-state index contributed by atoms with van der Waals surface area (Å²) in [7, 11) is 1.85. The summed E-state index contributed by atoms with van der Waals surface area (Å²) in [5, 5.41) is 4.16. The van der Waals surface area contributed by atoms with Crippen LogP contribution in [-0.4, -0.2) is 39.8 Å². The summed E-state index contributed by atoms with van der Waals surface area (Å²) in [5.74, 6) is 0.227. The third kappa shape index (κ3) is 2.78. The van der Waals surface area contributed by atoms with E-state index in [4.69, 9.17) is 11.6 Å². The predicted octanol–water partition coefficient (Wildman–Crippen LogP) is 1.70. The molecule has 0 radical (unpaired) electrons. The molecule has 3 heterocycles. The number of carbonyl (C=O) groups is 1. The first kappa shape index (κ1) is 13.4. The highest BCUT2D eigenvalue weighted by molar-refractivity contribution is 6.30. The molecule has 0 saturated carbocycles. The standard InChI is InChI=1S/C14H17ClN4O/c1-18-8-11(3-5-14(18)20)16-6-12-9-19-7-10(15)2-4-13(19)17-12/h2,4,7,9,11,16H,3,5-6,8H2,1H3. The molecule has 5 nitrogen and oxygen atoms in total. The van der Waals surface area contributed by atoms with Gasteiger partial charge < -0.3 is 14.6 Å². The van der Waals surface area contributed by atoms with E-state index in [0.717, 1.165) is 24.3 Å². The number of fused-ring (bicyclic) bond motifs is 1. The monoisotopic (exact) mass is 292 g/mol. The third-order valence-electron chi connectivity index (χ3n) is 3.66. The van der Waals surface area contributed by atoms with Crippen LogP contribution in [0.25, 0.3) is 5.65 Å². The molecule has 20 heavy (non-hydrogen) atoms. The highest BCUT2D eigenvalue weighted by atomic mass is 35.5. The number of aromatic nitrogens is 2. The van der Waals surface area contributed by atoms with E-state index in [-0.39, 0.29) is 5.91 Å². The molecule has 0 bridgehead atoms. The second-order valence-electron chi connectivity index (χ2n) is 5.24. The van der Waals surface area contributed by atoms with E-state index >= 15 is 0 Å². The Kier molecular flexibility index (Phi) is 3.63. The second-order valence-corrected chi connectivity index (χ2v) is 5.67. The Labute approximate surface area is 122 Å². The van der Waals surface area contributed by atoms with Crippen molar-refractivity contribution < 1.29 is 4.79 Å². The molecule has 3 rings (SSSR count). The Balaban J connectivity index is 1.63. The summed E-state index contributed by atoms with van der Waals surface area (Å²) in [4.78, 5) is 17.7. The van der Waals surface area contributed by atoms with Crippen LogP contribution in [0.1, 0.15) is 18.5 Å². The first-order valence-electron chi connectivity index (χ1n) is 6.72. The van der Waals surface area contributed by atoms with Crippen LogP contribution >= 0.6 is 11.6 Å². The van der Waals surface area contributed by atoms with Gasteiger partial charge >= 0.3 is 0 Å². The number of likely N-dealkylation sites (tertiary alicyclic amines) is 1. The summed E-state index contributed by atoms with van der Waals surface area (Å²) in [6.45, 7) is 1.46. The molecule has 106 valence electrons. The highest BCUT2D eigenvalue weighted by Gasteiger charge is 2.22. The van der Waals surface area contributed by atoms with Gasteiger partial charge in [0.2, 0.25) is 5.91 Å². The topological polar surface area (TPSA) is 49.6 Å². The number of rotatable bonds is 3. The molecule has 1 fully saturated rings. The summed E-state index contributed by atoms with van der Waals surface area (Å²) in [6.07, 6.45) is 5.34. The fourth-order valence-corrected chi connectivity index (χ4v) is 2.70. The molecule has 1 amide bonds. The lowest BCUT2D eigenvalue weighted by atomic mass is 10.1. The van der Waals surface area contributed by atoms with Crippen molar-refractivity contribution in [3.63, 3.8) is 0 Å². The Morgan fingerprint density at radius 3 is 3.10 bits per heavy atom. The molecular weight excluding hydrogens is 276 g/mol. The number of hydrogen-bond acceptors (Lipinski definition) is 3. The van der Waals surface area contributed by atoms with Crippen LogP contribution in [0.4, 0.5) is 0 Å². The van der Waals surface area contributed by atoms with E-state index in [1.165, 1.54) is 0 Å². The third-order valence-corrected chi connectivity index (χ3v) is 3.89. The van der Waals surface area contributed by atoms with Gasteiger partial charge in [0, 0.05) is 45.0 Å². The van der Waals surface area contributed by atoms with Crippen LogP contribution in [0.3, 0.4) is 0 Å². The predicted molar refractivity (Wildman–Crippen MR) is 77.7 cm³/mol.